The molecule has 2 N–H and O–H groups in total. The summed E-state index contributed by atoms with van der Waals surface area (Å²) in [4.78, 5) is 6.86. The number of nitrogens with one attached hydrogen (secondary N) is 2. The van der Waals surface area contributed by atoms with Crippen LogP contribution in [0, 0.1) is 5.92 Å². The first-order chi connectivity index (χ1) is 11.2. The van der Waals surface area contributed by atoms with Gasteiger partial charge in [-0.2, -0.15) is 0 Å². The van der Waals surface area contributed by atoms with Crippen LogP contribution < -0.4 is 15.4 Å². The van der Waals surface area contributed by atoms with Crippen LogP contribution in [0.2, 0.25) is 0 Å². The highest BCUT2D eigenvalue weighted by Gasteiger charge is 2.14. The minimum absolute atomic E-state index is 0.609. The highest BCUT2D eigenvalue weighted by atomic mass is 16.5. The Balaban J connectivity index is 1.74. The number of hydrogen-bond acceptors (Lipinski definition) is 3. The van der Waals surface area contributed by atoms with E-state index in [1.165, 1.54) is 25.9 Å². The molecule has 0 amide bonds. The maximum Gasteiger partial charge on any atom is 0.191 e. The summed E-state index contributed by atoms with van der Waals surface area (Å²) in [6, 6.07) is 8.05. The first-order valence-electron chi connectivity index (χ1n) is 8.51. The molecular weight excluding hydrogens is 288 g/mol. The second-order valence-electron chi connectivity index (χ2n) is 6.23. The number of para-hydroxylation sites is 1. The summed E-state index contributed by atoms with van der Waals surface area (Å²) in [7, 11) is 3.51. The molecule has 1 heterocycles. The number of likely N-dealkylation sites (tertiary alicyclic amines) is 1. The molecule has 1 aliphatic rings. The molecule has 0 aliphatic carbocycles. The van der Waals surface area contributed by atoms with E-state index in [0.29, 0.717) is 12.5 Å². The monoisotopic (exact) mass is 318 g/mol. The van der Waals surface area contributed by atoms with Crippen molar-refractivity contribution in [1.29, 1.82) is 0 Å². The van der Waals surface area contributed by atoms with Crippen molar-refractivity contribution in [2.75, 3.05) is 40.3 Å². The van der Waals surface area contributed by atoms with Gasteiger partial charge in [-0.1, -0.05) is 25.1 Å². The lowest BCUT2D eigenvalue weighted by atomic mass is 10.1. The van der Waals surface area contributed by atoms with Crippen LogP contribution in [0.25, 0.3) is 0 Å². The maximum atomic E-state index is 5.38. The summed E-state index contributed by atoms with van der Waals surface area (Å²) in [5.74, 6) is 2.35. The summed E-state index contributed by atoms with van der Waals surface area (Å²) in [5, 5.41) is 6.78. The van der Waals surface area contributed by atoms with Crippen LogP contribution in [0.15, 0.2) is 29.3 Å². The molecule has 1 saturated heterocycles. The van der Waals surface area contributed by atoms with Gasteiger partial charge in [0.15, 0.2) is 5.96 Å². The zero-order valence-electron chi connectivity index (χ0n) is 14.6. The van der Waals surface area contributed by atoms with E-state index >= 15 is 0 Å². The second-order valence-corrected chi connectivity index (χ2v) is 6.23. The van der Waals surface area contributed by atoms with Crippen LogP contribution in [0.3, 0.4) is 0 Å². The fourth-order valence-corrected chi connectivity index (χ4v) is 2.99. The van der Waals surface area contributed by atoms with Gasteiger partial charge in [-0.15, -0.1) is 0 Å². The summed E-state index contributed by atoms with van der Waals surface area (Å²) in [6.45, 7) is 7.60. The molecule has 1 aromatic carbocycles. The summed E-state index contributed by atoms with van der Waals surface area (Å²) < 4.78 is 5.38. The Bertz CT molecular complexity index is 498. The van der Waals surface area contributed by atoms with Crippen molar-refractivity contribution in [2.24, 2.45) is 10.9 Å². The molecule has 0 bridgehead atoms. The summed E-state index contributed by atoms with van der Waals surface area (Å²) >= 11 is 0. The van der Waals surface area contributed by atoms with E-state index in [2.05, 4.69) is 33.5 Å². The third kappa shape index (κ3) is 5.75. The number of aliphatic imine (C=N–C) groups is 1. The molecule has 1 fully saturated rings. The van der Waals surface area contributed by atoms with Crippen LogP contribution in [0.5, 0.6) is 5.75 Å². The third-order valence-corrected chi connectivity index (χ3v) is 4.25. The van der Waals surface area contributed by atoms with Gasteiger partial charge in [-0.25, -0.2) is 0 Å². The Morgan fingerprint density at radius 2 is 2.00 bits per heavy atom. The molecule has 128 valence electrons. The van der Waals surface area contributed by atoms with E-state index in [1.807, 2.05) is 25.2 Å². The Hall–Kier alpha value is -1.75. The average molecular weight is 318 g/mol. The minimum atomic E-state index is 0.609. The van der Waals surface area contributed by atoms with E-state index in [9.17, 15) is 0 Å². The number of hydrogen-bond donors (Lipinski definition) is 2. The van der Waals surface area contributed by atoms with E-state index in [1.54, 1.807) is 7.11 Å². The Labute approximate surface area is 140 Å². The van der Waals surface area contributed by atoms with Crippen molar-refractivity contribution in [1.82, 2.24) is 15.5 Å². The lowest BCUT2D eigenvalue weighted by Gasteiger charge is -2.21. The molecule has 0 radical (unpaired) electrons. The maximum absolute atomic E-state index is 5.38. The van der Waals surface area contributed by atoms with Crippen LogP contribution in [-0.4, -0.2) is 51.2 Å². The van der Waals surface area contributed by atoms with E-state index in [4.69, 9.17) is 4.74 Å². The predicted octanol–water partition coefficient (Wildman–Crippen LogP) is 2.09. The van der Waals surface area contributed by atoms with Crippen molar-refractivity contribution in [3.63, 3.8) is 0 Å². The van der Waals surface area contributed by atoms with Gasteiger partial charge in [0.2, 0.25) is 0 Å². The Morgan fingerprint density at radius 3 is 2.70 bits per heavy atom. The van der Waals surface area contributed by atoms with E-state index in [0.717, 1.165) is 30.4 Å². The van der Waals surface area contributed by atoms with Gasteiger partial charge < -0.3 is 20.3 Å². The number of rotatable bonds is 7. The molecule has 0 aromatic heterocycles. The molecule has 1 atom stereocenters. The third-order valence-electron chi connectivity index (χ3n) is 4.25. The fourth-order valence-electron chi connectivity index (χ4n) is 2.99. The Kier molecular flexibility index (Phi) is 7.20. The molecule has 23 heavy (non-hydrogen) atoms. The van der Waals surface area contributed by atoms with Crippen LogP contribution in [0.1, 0.15) is 25.3 Å². The predicted molar refractivity (Wildman–Crippen MR) is 96.0 cm³/mol. The molecule has 0 spiro atoms. The highest BCUT2D eigenvalue weighted by Crippen LogP contribution is 2.16. The van der Waals surface area contributed by atoms with Gasteiger partial charge in [-0.05, 0) is 37.9 Å². The zero-order valence-corrected chi connectivity index (χ0v) is 14.6. The fraction of sp³-hybridized carbons (Fsp3) is 0.611. The molecule has 5 heteroatoms. The lowest BCUT2D eigenvalue weighted by Crippen LogP contribution is -2.41. The first-order valence-corrected chi connectivity index (χ1v) is 8.51. The molecular formula is C18H30N4O. The van der Waals surface area contributed by atoms with Crippen molar-refractivity contribution in [2.45, 2.75) is 26.3 Å². The van der Waals surface area contributed by atoms with Crippen LogP contribution in [-0.2, 0) is 6.54 Å². The molecule has 1 aliphatic heterocycles. The average Bonchev–Trinajstić information content (AvgIpc) is 3.08. The number of guanidine groups is 1. The standard InChI is InChI=1S/C18H30N4O/c1-15(14-22-10-6-7-11-22)12-20-18(19-2)21-13-16-8-4-5-9-17(16)23-3/h4-5,8-9,15H,6-7,10-14H2,1-3H3,(H2,19,20,21). The van der Waals surface area contributed by atoms with Gasteiger partial charge in [0.1, 0.15) is 5.75 Å². The number of benzene rings is 1. The first kappa shape index (κ1) is 17.6. The van der Waals surface area contributed by atoms with Crippen molar-refractivity contribution < 1.29 is 4.74 Å². The van der Waals surface area contributed by atoms with E-state index < -0.39 is 0 Å². The zero-order chi connectivity index (χ0) is 16.5. The highest BCUT2D eigenvalue weighted by molar-refractivity contribution is 5.79. The topological polar surface area (TPSA) is 48.9 Å². The van der Waals surface area contributed by atoms with Crippen LogP contribution in [0.4, 0.5) is 0 Å². The quantitative estimate of drug-likeness (QED) is 0.597. The van der Waals surface area contributed by atoms with Crippen molar-refractivity contribution >= 4 is 5.96 Å². The van der Waals surface area contributed by atoms with Gasteiger partial charge in [-0.3, -0.25) is 4.99 Å². The van der Waals surface area contributed by atoms with Gasteiger partial charge in [0, 0.05) is 32.2 Å². The van der Waals surface area contributed by atoms with Crippen LogP contribution >= 0.6 is 0 Å². The van der Waals surface area contributed by atoms with Crippen molar-refractivity contribution in [3.05, 3.63) is 29.8 Å². The molecule has 0 saturated carbocycles. The molecule has 2 rings (SSSR count). The Morgan fingerprint density at radius 1 is 1.26 bits per heavy atom. The normalized spacial score (nSPS) is 17.1. The molecule has 1 unspecified atom stereocenters. The number of methoxy groups -OCH3 is 1. The summed E-state index contributed by atoms with van der Waals surface area (Å²) in [6.07, 6.45) is 2.70. The van der Waals surface area contributed by atoms with Crippen molar-refractivity contribution in [3.8, 4) is 5.75 Å². The largest absolute Gasteiger partial charge is 0.496 e. The molecule has 5 nitrogen and oxygen atoms in total. The van der Waals surface area contributed by atoms with Gasteiger partial charge >= 0.3 is 0 Å². The minimum Gasteiger partial charge on any atom is -0.496 e. The summed E-state index contributed by atoms with van der Waals surface area (Å²) in [5.41, 5.74) is 1.13. The second kappa shape index (κ2) is 9.40. The van der Waals surface area contributed by atoms with Gasteiger partial charge in [0.25, 0.3) is 0 Å². The SMILES string of the molecule is CN=C(NCc1ccccc1OC)NCC(C)CN1CCCC1. The number of nitrogens with zero attached hydrogens (tertiary/aromatic N) is 2. The lowest BCUT2D eigenvalue weighted by molar-refractivity contribution is 0.287. The smallest absolute Gasteiger partial charge is 0.191 e. The van der Waals surface area contributed by atoms with E-state index in [-0.39, 0.29) is 0 Å². The van der Waals surface area contributed by atoms with Gasteiger partial charge in [0.05, 0.1) is 7.11 Å². The molecule has 1 aromatic rings. The number of ether oxygens (including phenoxy) is 1.